The van der Waals surface area contributed by atoms with E-state index in [2.05, 4.69) is 19.2 Å². The van der Waals surface area contributed by atoms with Crippen LogP contribution in [-0.4, -0.2) is 31.4 Å². The van der Waals surface area contributed by atoms with E-state index in [1.54, 1.807) is 18.2 Å². The molecule has 1 heterocycles. The zero-order valence-electron chi connectivity index (χ0n) is 10.2. The first kappa shape index (κ1) is 12.3. The van der Waals surface area contributed by atoms with Crippen molar-refractivity contribution >= 4 is 0 Å². The Hall–Kier alpha value is -1.13. The number of hydrogen-bond acceptors (Lipinski definition) is 3. The normalized spacial score (nSPS) is 23.4. The van der Waals surface area contributed by atoms with E-state index in [0.29, 0.717) is 13.2 Å². The average molecular weight is 239 g/mol. The SMILES string of the molecule is CC1(C)COC(COc2ccccc2F)CN1. The van der Waals surface area contributed by atoms with Crippen LogP contribution in [0.4, 0.5) is 4.39 Å². The highest BCUT2D eigenvalue weighted by Gasteiger charge is 2.27. The Labute approximate surface area is 101 Å². The second-order valence-corrected chi connectivity index (χ2v) is 4.94. The van der Waals surface area contributed by atoms with Gasteiger partial charge in [0.2, 0.25) is 0 Å². The lowest BCUT2D eigenvalue weighted by Crippen LogP contribution is -2.54. The molecular weight excluding hydrogens is 221 g/mol. The fourth-order valence-corrected chi connectivity index (χ4v) is 1.68. The molecule has 4 heteroatoms. The first-order valence-electron chi connectivity index (χ1n) is 5.81. The molecule has 1 atom stereocenters. The van der Waals surface area contributed by atoms with Crippen LogP contribution < -0.4 is 10.1 Å². The van der Waals surface area contributed by atoms with Crippen LogP contribution in [0.3, 0.4) is 0 Å². The third-order valence-corrected chi connectivity index (χ3v) is 2.75. The number of morpholine rings is 1. The number of hydrogen-bond donors (Lipinski definition) is 1. The fourth-order valence-electron chi connectivity index (χ4n) is 1.68. The molecule has 0 aromatic heterocycles. The predicted octanol–water partition coefficient (Wildman–Crippen LogP) is 1.97. The fraction of sp³-hybridized carbons (Fsp3) is 0.538. The van der Waals surface area contributed by atoms with Crippen molar-refractivity contribution in [1.29, 1.82) is 0 Å². The van der Waals surface area contributed by atoms with Gasteiger partial charge in [-0.15, -0.1) is 0 Å². The maximum Gasteiger partial charge on any atom is 0.165 e. The molecule has 94 valence electrons. The Kier molecular flexibility index (Phi) is 3.64. The van der Waals surface area contributed by atoms with E-state index in [1.807, 2.05) is 0 Å². The number of benzene rings is 1. The summed E-state index contributed by atoms with van der Waals surface area (Å²) in [6, 6.07) is 6.40. The Morgan fingerprint density at radius 1 is 1.47 bits per heavy atom. The third kappa shape index (κ3) is 3.41. The summed E-state index contributed by atoms with van der Waals surface area (Å²) in [7, 11) is 0. The Balaban J connectivity index is 1.82. The minimum Gasteiger partial charge on any atom is -0.488 e. The monoisotopic (exact) mass is 239 g/mol. The summed E-state index contributed by atoms with van der Waals surface area (Å²) in [5, 5.41) is 3.36. The standard InChI is InChI=1S/C13H18FNO2/c1-13(2)9-17-10(7-15-13)8-16-12-6-4-3-5-11(12)14/h3-6,10,15H,7-9H2,1-2H3. The van der Waals surface area contributed by atoms with E-state index >= 15 is 0 Å². The van der Waals surface area contributed by atoms with Gasteiger partial charge in [-0.1, -0.05) is 12.1 Å². The van der Waals surface area contributed by atoms with Crippen LogP contribution in [0.25, 0.3) is 0 Å². The van der Waals surface area contributed by atoms with Crippen molar-refractivity contribution in [1.82, 2.24) is 5.32 Å². The summed E-state index contributed by atoms with van der Waals surface area (Å²) >= 11 is 0. The summed E-state index contributed by atoms with van der Waals surface area (Å²) in [4.78, 5) is 0. The molecule has 2 rings (SSSR count). The number of halogens is 1. The van der Waals surface area contributed by atoms with Gasteiger partial charge in [-0.25, -0.2) is 4.39 Å². The lowest BCUT2D eigenvalue weighted by atomic mass is 10.1. The summed E-state index contributed by atoms with van der Waals surface area (Å²) in [5.74, 6) is -0.0578. The van der Waals surface area contributed by atoms with Crippen LogP contribution in [0.2, 0.25) is 0 Å². The molecule has 0 amide bonds. The van der Waals surface area contributed by atoms with Crippen LogP contribution in [0.15, 0.2) is 24.3 Å². The quantitative estimate of drug-likeness (QED) is 0.874. The number of ether oxygens (including phenoxy) is 2. The van der Waals surface area contributed by atoms with Gasteiger partial charge in [0.05, 0.1) is 6.61 Å². The zero-order valence-corrected chi connectivity index (χ0v) is 10.2. The van der Waals surface area contributed by atoms with Crippen molar-refractivity contribution in [3.63, 3.8) is 0 Å². The van der Waals surface area contributed by atoms with Gasteiger partial charge in [-0.05, 0) is 26.0 Å². The van der Waals surface area contributed by atoms with Gasteiger partial charge in [0.25, 0.3) is 0 Å². The maximum absolute atomic E-state index is 13.3. The van der Waals surface area contributed by atoms with Crippen LogP contribution in [-0.2, 0) is 4.74 Å². The summed E-state index contributed by atoms with van der Waals surface area (Å²) in [6.45, 7) is 5.89. The average Bonchev–Trinajstić information content (AvgIpc) is 2.30. The number of para-hydroxylation sites is 1. The van der Waals surface area contributed by atoms with Crippen molar-refractivity contribution in [2.45, 2.75) is 25.5 Å². The van der Waals surface area contributed by atoms with Gasteiger partial charge in [0.15, 0.2) is 11.6 Å². The second kappa shape index (κ2) is 5.02. The molecule has 1 saturated heterocycles. The largest absolute Gasteiger partial charge is 0.488 e. The van der Waals surface area contributed by atoms with Crippen molar-refractivity contribution in [2.24, 2.45) is 0 Å². The molecule has 0 bridgehead atoms. The number of nitrogens with one attached hydrogen (secondary N) is 1. The van der Waals surface area contributed by atoms with E-state index in [0.717, 1.165) is 6.54 Å². The first-order valence-corrected chi connectivity index (χ1v) is 5.81. The van der Waals surface area contributed by atoms with Gasteiger partial charge in [0.1, 0.15) is 12.7 Å². The summed E-state index contributed by atoms with van der Waals surface area (Å²) in [6.07, 6.45) is -0.0253. The van der Waals surface area contributed by atoms with E-state index in [1.165, 1.54) is 6.07 Å². The molecule has 1 aliphatic rings. The van der Waals surface area contributed by atoms with Crippen molar-refractivity contribution in [3.8, 4) is 5.75 Å². The molecule has 0 radical (unpaired) electrons. The van der Waals surface area contributed by atoms with Crippen molar-refractivity contribution in [3.05, 3.63) is 30.1 Å². The molecule has 1 fully saturated rings. The molecule has 1 aromatic carbocycles. The van der Waals surface area contributed by atoms with Gasteiger partial charge in [-0.3, -0.25) is 0 Å². The molecule has 17 heavy (non-hydrogen) atoms. The van der Waals surface area contributed by atoms with E-state index < -0.39 is 0 Å². The molecule has 1 unspecified atom stereocenters. The summed E-state index contributed by atoms with van der Waals surface area (Å²) < 4.78 is 24.3. The van der Waals surface area contributed by atoms with E-state index in [4.69, 9.17) is 9.47 Å². The smallest absolute Gasteiger partial charge is 0.165 e. The second-order valence-electron chi connectivity index (χ2n) is 4.94. The van der Waals surface area contributed by atoms with Crippen molar-refractivity contribution < 1.29 is 13.9 Å². The molecule has 0 saturated carbocycles. The molecule has 1 aromatic rings. The Morgan fingerprint density at radius 3 is 2.88 bits per heavy atom. The minimum atomic E-state index is -0.336. The lowest BCUT2D eigenvalue weighted by Gasteiger charge is -2.35. The predicted molar refractivity (Wildman–Crippen MR) is 63.7 cm³/mol. The van der Waals surface area contributed by atoms with Crippen LogP contribution in [0, 0.1) is 5.82 Å². The molecule has 0 aliphatic carbocycles. The topological polar surface area (TPSA) is 30.5 Å². The first-order chi connectivity index (χ1) is 8.07. The van der Waals surface area contributed by atoms with Gasteiger partial charge < -0.3 is 14.8 Å². The van der Waals surface area contributed by atoms with Crippen LogP contribution in [0.1, 0.15) is 13.8 Å². The van der Waals surface area contributed by atoms with Gasteiger partial charge in [0, 0.05) is 12.1 Å². The maximum atomic E-state index is 13.3. The van der Waals surface area contributed by atoms with Gasteiger partial charge >= 0.3 is 0 Å². The van der Waals surface area contributed by atoms with Crippen molar-refractivity contribution in [2.75, 3.05) is 19.8 Å². The molecule has 0 spiro atoms. The Bertz CT molecular complexity index is 371. The Morgan fingerprint density at radius 2 is 2.24 bits per heavy atom. The highest BCUT2D eigenvalue weighted by Crippen LogP contribution is 2.17. The molecular formula is C13H18FNO2. The van der Waals surface area contributed by atoms with E-state index in [9.17, 15) is 4.39 Å². The third-order valence-electron chi connectivity index (χ3n) is 2.75. The molecule has 3 nitrogen and oxygen atoms in total. The van der Waals surface area contributed by atoms with Crippen LogP contribution in [0.5, 0.6) is 5.75 Å². The van der Waals surface area contributed by atoms with Gasteiger partial charge in [-0.2, -0.15) is 0 Å². The zero-order chi connectivity index (χ0) is 12.3. The highest BCUT2D eigenvalue weighted by molar-refractivity contribution is 5.23. The van der Waals surface area contributed by atoms with E-state index in [-0.39, 0.29) is 23.2 Å². The minimum absolute atomic E-state index is 0.00843. The van der Waals surface area contributed by atoms with Crippen LogP contribution >= 0.6 is 0 Å². The lowest BCUT2D eigenvalue weighted by molar-refractivity contribution is -0.0416. The summed E-state index contributed by atoms with van der Waals surface area (Å²) in [5.41, 5.74) is 0.00843. The molecule has 1 N–H and O–H groups in total. The highest BCUT2D eigenvalue weighted by atomic mass is 19.1. The number of rotatable bonds is 3. The molecule has 1 aliphatic heterocycles.